The molecule has 54 valence electrons. The monoisotopic (exact) mass is 263 g/mol. The van der Waals surface area contributed by atoms with Gasteiger partial charge < -0.3 is 5.73 Å². The first-order valence-electron chi connectivity index (χ1n) is 2.83. The first-order chi connectivity index (χ1) is 4.63. The molecule has 1 nitrogen and oxygen atoms in total. The van der Waals surface area contributed by atoms with Crippen LogP contribution in [0.2, 0.25) is 0 Å². The third kappa shape index (κ3) is 1.35. The summed E-state index contributed by atoms with van der Waals surface area (Å²) in [5.74, 6) is 0. The van der Waals surface area contributed by atoms with Crippen molar-refractivity contribution < 1.29 is 0 Å². The van der Waals surface area contributed by atoms with Crippen LogP contribution in [0.5, 0.6) is 0 Å². The molecule has 1 aromatic rings. The third-order valence-electron chi connectivity index (χ3n) is 1.35. The molecule has 0 heterocycles. The second-order valence-electron chi connectivity index (χ2n) is 2.08. The summed E-state index contributed by atoms with van der Waals surface area (Å²) in [5, 5.41) is 0. The van der Waals surface area contributed by atoms with E-state index in [4.69, 9.17) is 5.73 Å². The molecule has 0 saturated heterocycles. The smallest absolute Gasteiger partial charge is 0.0461 e. The number of halogens is 2. The van der Waals surface area contributed by atoms with Crippen molar-refractivity contribution in [1.82, 2.24) is 0 Å². The topological polar surface area (TPSA) is 26.0 Å². The van der Waals surface area contributed by atoms with Crippen LogP contribution in [-0.2, 0) is 0 Å². The molecule has 0 aliphatic rings. The predicted octanol–water partition coefficient (Wildman–Crippen LogP) is 3.10. The van der Waals surface area contributed by atoms with Crippen molar-refractivity contribution >= 4 is 37.5 Å². The molecule has 3 heteroatoms. The van der Waals surface area contributed by atoms with Gasteiger partial charge in [0.1, 0.15) is 0 Å². The zero-order chi connectivity index (χ0) is 7.72. The highest BCUT2D eigenvalue weighted by Gasteiger charge is 2.01. The summed E-state index contributed by atoms with van der Waals surface area (Å²) in [5.41, 5.74) is 7.54. The van der Waals surface area contributed by atoms with Crippen LogP contribution in [0.3, 0.4) is 0 Å². The van der Waals surface area contributed by atoms with Gasteiger partial charge in [0.05, 0.1) is 0 Å². The molecule has 1 aromatic carbocycles. The zero-order valence-corrected chi connectivity index (χ0v) is 8.66. The third-order valence-corrected chi connectivity index (χ3v) is 3.26. The Kier molecular flexibility index (Phi) is 2.36. The lowest BCUT2D eigenvalue weighted by Gasteiger charge is -2.03. The maximum atomic E-state index is 5.62. The molecule has 0 aromatic heterocycles. The minimum atomic E-state index is 0.778. The normalized spacial score (nSPS) is 9.90. The van der Waals surface area contributed by atoms with Crippen LogP contribution in [-0.4, -0.2) is 0 Å². The number of nitrogens with two attached hydrogens (primary N) is 1. The van der Waals surface area contributed by atoms with Gasteiger partial charge in [0.25, 0.3) is 0 Å². The zero-order valence-electron chi connectivity index (χ0n) is 5.49. The molecule has 0 fully saturated rings. The largest absolute Gasteiger partial charge is 0.398 e. The summed E-state index contributed by atoms with van der Waals surface area (Å²) in [6.45, 7) is 2.00. The van der Waals surface area contributed by atoms with Crippen LogP contribution in [0.15, 0.2) is 21.1 Å². The van der Waals surface area contributed by atoms with Gasteiger partial charge in [-0.15, -0.1) is 0 Å². The van der Waals surface area contributed by atoms with Crippen LogP contribution in [0, 0.1) is 6.92 Å². The van der Waals surface area contributed by atoms with Crippen molar-refractivity contribution in [3.8, 4) is 0 Å². The van der Waals surface area contributed by atoms with E-state index in [1.54, 1.807) is 0 Å². The van der Waals surface area contributed by atoms with Crippen molar-refractivity contribution in [3.05, 3.63) is 26.6 Å². The van der Waals surface area contributed by atoms with Gasteiger partial charge in [-0.2, -0.15) is 0 Å². The molecule has 0 saturated carbocycles. The fourth-order valence-electron chi connectivity index (χ4n) is 0.682. The fraction of sp³-hybridized carbons (Fsp3) is 0.143. The molecule has 0 spiro atoms. The quantitative estimate of drug-likeness (QED) is 0.716. The van der Waals surface area contributed by atoms with Crippen LogP contribution in [0.4, 0.5) is 5.69 Å². The molecule has 0 atom stereocenters. The van der Waals surface area contributed by atoms with Crippen molar-refractivity contribution in [2.75, 3.05) is 5.73 Å². The first kappa shape index (κ1) is 8.08. The standard InChI is InChI=1S/C7H7Br2N/c1-4-5(8)2-3-6(10)7(4)9/h2-3H,10H2,1H3. The van der Waals surface area contributed by atoms with Gasteiger partial charge in [-0.3, -0.25) is 0 Å². The van der Waals surface area contributed by atoms with Crippen molar-refractivity contribution in [2.45, 2.75) is 6.92 Å². The van der Waals surface area contributed by atoms with Gasteiger partial charge >= 0.3 is 0 Å². The van der Waals surface area contributed by atoms with Crippen molar-refractivity contribution in [2.24, 2.45) is 0 Å². The number of rotatable bonds is 0. The molecule has 10 heavy (non-hydrogen) atoms. The van der Waals surface area contributed by atoms with Crippen LogP contribution < -0.4 is 5.73 Å². The summed E-state index contributed by atoms with van der Waals surface area (Å²) in [4.78, 5) is 0. The molecule has 0 amide bonds. The molecule has 0 aliphatic heterocycles. The average Bonchev–Trinajstić information content (AvgIpc) is 1.93. The van der Waals surface area contributed by atoms with Gasteiger partial charge in [0.15, 0.2) is 0 Å². The van der Waals surface area contributed by atoms with Gasteiger partial charge in [0.2, 0.25) is 0 Å². The molecule has 1 rings (SSSR count). The number of hydrogen-bond donors (Lipinski definition) is 1. The van der Waals surface area contributed by atoms with E-state index < -0.39 is 0 Å². The van der Waals surface area contributed by atoms with Gasteiger partial charge in [-0.25, -0.2) is 0 Å². The lowest BCUT2D eigenvalue weighted by molar-refractivity contribution is 1.40. The second kappa shape index (κ2) is 2.93. The SMILES string of the molecule is Cc1c(Br)ccc(N)c1Br. The average molecular weight is 265 g/mol. The number of anilines is 1. The maximum Gasteiger partial charge on any atom is 0.0461 e. The Hall–Kier alpha value is -0.0200. The second-order valence-corrected chi connectivity index (χ2v) is 3.72. The summed E-state index contributed by atoms with van der Waals surface area (Å²) < 4.78 is 2.05. The van der Waals surface area contributed by atoms with E-state index in [0.717, 1.165) is 20.2 Å². The van der Waals surface area contributed by atoms with E-state index in [-0.39, 0.29) is 0 Å². The van der Waals surface area contributed by atoms with E-state index in [2.05, 4.69) is 31.9 Å². The highest BCUT2D eigenvalue weighted by atomic mass is 79.9. The van der Waals surface area contributed by atoms with E-state index >= 15 is 0 Å². The molecule has 0 unspecified atom stereocenters. The predicted molar refractivity (Wildman–Crippen MR) is 51.0 cm³/mol. The maximum absolute atomic E-state index is 5.62. The molecule has 0 radical (unpaired) electrons. The Labute approximate surface area is 76.9 Å². The minimum Gasteiger partial charge on any atom is -0.398 e. The van der Waals surface area contributed by atoms with Crippen molar-refractivity contribution in [1.29, 1.82) is 0 Å². The Balaban J connectivity index is 3.34. The lowest BCUT2D eigenvalue weighted by atomic mass is 10.2. The van der Waals surface area contributed by atoms with Crippen LogP contribution in [0.1, 0.15) is 5.56 Å². The molecule has 2 N–H and O–H groups in total. The number of nitrogen functional groups attached to an aromatic ring is 1. The van der Waals surface area contributed by atoms with Gasteiger partial charge in [-0.05, 0) is 40.5 Å². The van der Waals surface area contributed by atoms with E-state index in [1.165, 1.54) is 0 Å². The Morgan fingerprint density at radius 1 is 1.30 bits per heavy atom. The van der Waals surface area contributed by atoms with Gasteiger partial charge in [-0.1, -0.05) is 15.9 Å². The minimum absolute atomic E-state index is 0.778. The molecular weight excluding hydrogens is 258 g/mol. The molecule has 0 bridgehead atoms. The van der Waals surface area contributed by atoms with E-state index in [0.29, 0.717) is 0 Å². The van der Waals surface area contributed by atoms with E-state index in [1.807, 2.05) is 19.1 Å². The first-order valence-corrected chi connectivity index (χ1v) is 4.41. The van der Waals surface area contributed by atoms with Crippen LogP contribution >= 0.6 is 31.9 Å². The Morgan fingerprint density at radius 2 is 1.90 bits per heavy atom. The Morgan fingerprint density at radius 3 is 2.40 bits per heavy atom. The van der Waals surface area contributed by atoms with Crippen molar-refractivity contribution in [3.63, 3.8) is 0 Å². The Bertz CT molecular complexity index is 231. The number of benzene rings is 1. The highest BCUT2D eigenvalue weighted by Crippen LogP contribution is 2.29. The highest BCUT2D eigenvalue weighted by molar-refractivity contribution is 9.11. The molecular formula is C7H7Br2N. The summed E-state index contributed by atoms with van der Waals surface area (Å²) in [6.07, 6.45) is 0. The lowest BCUT2D eigenvalue weighted by Crippen LogP contribution is -1.88. The summed E-state index contributed by atoms with van der Waals surface area (Å²) in [7, 11) is 0. The van der Waals surface area contributed by atoms with Crippen LogP contribution in [0.25, 0.3) is 0 Å². The van der Waals surface area contributed by atoms with Gasteiger partial charge in [0, 0.05) is 14.6 Å². The summed E-state index contributed by atoms with van der Waals surface area (Å²) >= 11 is 6.77. The van der Waals surface area contributed by atoms with E-state index in [9.17, 15) is 0 Å². The number of hydrogen-bond acceptors (Lipinski definition) is 1. The fourth-order valence-corrected chi connectivity index (χ4v) is 1.62. The summed E-state index contributed by atoms with van der Waals surface area (Å²) in [6, 6.07) is 3.80. The molecule has 0 aliphatic carbocycles.